The first kappa shape index (κ1) is 18.9. The van der Waals surface area contributed by atoms with Gasteiger partial charge in [-0.1, -0.05) is 39.0 Å². The highest BCUT2D eigenvalue weighted by atomic mass is 79.9. The molecule has 3 rings (SSSR count). The minimum absolute atomic E-state index is 0.125. The largest absolute Gasteiger partial charge is 0.506 e. The normalized spacial score (nSPS) is 16.3. The number of hydrogen-bond acceptors (Lipinski definition) is 3. The summed E-state index contributed by atoms with van der Waals surface area (Å²) in [6.45, 7) is 6.10. The molecule has 0 aliphatic carbocycles. The van der Waals surface area contributed by atoms with Crippen LogP contribution >= 0.6 is 31.9 Å². The minimum atomic E-state index is -0.295. The Bertz CT molecular complexity index is 906. The third-order valence-electron chi connectivity index (χ3n) is 3.94. The fourth-order valence-corrected chi connectivity index (χ4v) is 3.90. The molecule has 1 amide bonds. The molecule has 1 heterocycles. The summed E-state index contributed by atoms with van der Waals surface area (Å²) < 4.78 is 1.11. The molecule has 1 aliphatic rings. The van der Waals surface area contributed by atoms with E-state index in [0.29, 0.717) is 14.5 Å². The predicted octanol–water partition coefficient (Wildman–Crippen LogP) is 5.75. The van der Waals surface area contributed by atoms with Gasteiger partial charge in [0, 0.05) is 5.41 Å². The Hall–Kier alpha value is -1.92. The molecule has 0 spiro atoms. The Morgan fingerprint density at radius 3 is 2.19 bits per heavy atom. The van der Waals surface area contributed by atoms with E-state index in [4.69, 9.17) is 0 Å². The average molecular weight is 478 g/mol. The Labute approximate surface area is 169 Å². The van der Waals surface area contributed by atoms with Crippen LogP contribution in [-0.4, -0.2) is 16.7 Å². The first-order chi connectivity index (χ1) is 12.2. The number of amides is 1. The molecular weight excluding hydrogens is 460 g/mol. The number of benzene rings is 2. The standard InChI is InChI=1S/C20H18Br2N2O2/c1-20(2,3)18-14(9-12-10-15(21)17(25)16(22)11-12)19(26)24(23-18)13-7-5-4-6-8-13/h4-11,25H,1-3H3. The van der Waals surface area contributed by atoms with Crippen molar-refractivity contribution in [3.05, 3.63) is 62.5 Å². The van der Waals surface area contributed by atoms with Gasteiger partial charge in [0.25, 0.3) is 5.91 Å². The van der Waals surface area contributed by atoms with Gasteiger partial charge in [-0.15, -0.1) is 0 Å². The van der Waals surface area contributed by atoms with E-state index in [0.717, 1.165) is 17.0 Å². The summed E-state index contributed by atoms with van der Waals surface area (Å²) in [7, 11) is 0. The van der Waals surface area contributed by atoms with Crippen molar-refractivity contribution in [1.29, 1.82) is 0 Å². The van der Waals surface area contributed by atoms with Crippen molar-refractivity contribution in [3.8, 4) is 5.75 Å². The van der Waals surface area contributed by atoms with Crippen LogP contribution in [0.15, 0.2) is 62.1 Å². The molecule has 0 unspecified atom stereocenters. The lowest BCUT2D eigenvalue weighted by atomic mass is 9.85. The summed E-state index contributed by atoms with van der Waals surface area (Å²) in [6, 6.07) is 12.9. The molecule has 1 aliphatic heterocycles. The first-order valence-electron chi connectivity index (χ1n) is 8.07. The van der Waals surface area contributed by atoms with Gasteiger partial charge < -0.3 is 5.11 Å². The Morgan fingerprint density at radius 1 is 1.08 bits per heavy atom. The van der Waals surface area contributed by atoms with Crippen LogP contribution in [-0.2, 0) is 4.79 Å². The van der Waals surface area contributed by atoms with Crippen LogP contribution in [0.4, 0.5) is 5.69 Å². The number of hydrogen-bond donors (Lipinski definition) is 1. The van der Waals surface area contributed by atoms with Gasteiger partial charge in [0.2, 0.25) is 0 Å². The molecule has 26 heavy (non-hydrogen) atoms. The smallest absolute Gasteiger partial charge is 0.280 e. The number of phenols is 1. The number of hydrazone groups is 1. The molecule has 0 radical (unpaired) electrons. The van der Waals surface area contributed by atoms with Crippen LogP contribution < -0.4 is 5.01 Å². The molecule has 1 N–H and O–H groups in total. The molecule has 0 aromatic heterocycles. The van der Waals surface area contributed by atoms with E-state index in [1.165, 1.54) is 5.01 Å². The van der Waals surface area contributed by atoms with E-state index in [9.17, 15) is 9.90 Å². The number of aromatic hydroxyl groups is 1. The molecule has 6 heteroatoms. The third-order valence-corrected chi connectivity index (χ3v) is 5.15. The fourth-order valence-electron chi connectivity index (χ4n) is 2.68. The first-order valence-corrected chi connectivity index (χ1v) is 9.66. The average Bonchev–Trinajstić information content (AvgIpc) is 2.90. The molecule has 0 bridgehead atoms. The van der Waals surface area contributed by atoms with Gasteiger partial charge in [-0.2, -0.15) is 10.1 Å². The Kier molecular flexibility index (Phi) is 5.08. The van der Waals surface area contributed by atoms with Crippen LogP contribution in [0, 0.1) is 5.41 Å². The van der Waals surface area contributed by atoms with Crippen molar-refractivity contribution < 1.29 is 9.90 Å². The van der Waals surface area contributed by atoms with E-state index in [1.54, 1.807) is 12.1 Å². The molecule has 2 aromatic carbocycles. The van der Waals surface area contributed by atoms with E-state index in [-0.39, 0.29) is 17.1 Å². The second-order valence-electron chi connectivity index (χ2n) is 7.04. The highest BCUT2D eigenvalue weighted by molar-refractivity contribution is 9.11. The number of carbonyl (C=O) groups excluding carboxylic acids is 1. The third kappa shape index (κ3) is 3.62. The summed E-state index contributed by atoms with van der Waals surface area (Å²) in [6.07, 6.45) is 1.81. The summed E-state index contributed by atoms with van der Waals surface area (Å²) in [5.74, 6) is -0.0398. The zero-order chi connectivity index (χ0) is 19.1. The lowest BCUT2D eigenvalue weighted by Gasteiger charge is -2.18. The molecule has 0 atom stereocenters. The van der Waals surface area contributed by atoms with Crippen LogP contribution in [0.5, 0.6) is 5.75 Å². The number of phenolic OH excluding ortho intramolecular Hbond substituents is 1. The monoisotopic (exact) mass is 476 g/mol. The zero-order valence-corrected chi connectivity index (χ0v) is 17.8. The van der Waals surface area contributed by atoms with E-state index >= 15 is 0 Å². The van der Waals surface area contributed by atoms with Crippen molar-refractivity contribution in [2.45, 2.75) is 20.8 Å². The van der Waals surface area contributed by atoms with Crippen LogP contribution in [0.1, 0.15) is 26.3 Å². The molecule has 2 aromatic rings. The maximum absolute atomic E-state index is 13.1. The lowest BCUT2D eigenvalue weighted by molar-refractivity contribution is -0.114. The predicted molar refractivity (Wildman–Crippen MR) is 112 cm³/mol. The highest BCUT2D eigenvalue weighted by Crippen LogP contribution is 2.36. The van der Waals surface area contributed by atoms with Gasteiger partial charge in [-0.25, -0.2) is 0 Å². The van der Waals surface area contributed by atoms with Crippen LogP contribution in [0.3, 0.4) is 0 Å². The number of para-hydroxylation sites is 1. The van der Waals surface area contributed by atoms with Gasteiger partial charge in [0.15, 0.2) is 0 Å². The van der Waals surface area contributed by atoms with E-state index in [2.05, 4.69) is 37.0 Å². The molecule has 0 fully saturated rings. The van der Waals surface area contributed by atoms with E-state index < -0.39 is 0 Å². The topological polar surface area (TPSA) is 52.9 Å². The molecule has 0 saturated carbocycles. The van der Waals surface area contributed by atoms with E-state index in [1.807, 2.05) is 57.2 Å². The summed E-state index contributed by atoms with van der Waals surface area (Å²) in [5.41, 5.74) is 2.50. The van der Waals surface area contributed by atoms with Crippen molar-refractivity contribution >= 4 is 55.2 Å². The van der Waals surface area contributed by atoms with Gasteiger partial charge in [0.1, 0.15) is 5.75 Å². The van der Waals surface area contributed by atoms with Gasteiger partial charge in [0.05, 0.1) is 25.9 Å². The molecular formula is C20H18Br2N2O2. The molecule has 4 nitrogen and oxygen atoms in total. The van der Waals surface area contributed by atoms with Crippen molar-refractivity contribution in [2.75, 3.05) is 5.01 Å². The zero-order valence-electron chi connectivity index (χ0n) is 14.6. The number of anilines is 1. The highest BCUT2D eigenvalue weighted by Gasteiger charge is 2.37. The lowest BCUT2D eigenvalue weighted by Crippen LogP contribution is -2.24. The van der Waals surface area contributed by atoms with Gasteiger partial charge in [-0.3, -0.25) is 4.79 Å². The fraction of sp³-hybridized carbons (Fsp3) is 0.200. The molecule has 0 saturated heterocycles. The summed E-state index contributed by atoms with van der Waals surface area (Å²) in [5, 5.41) is 16.0. The Balaban J connectivity index is 2.11. The van der Waals surface area contributed by atoms with Crippen LogP contribution in [0.25, 0.3) is 6.08 Å². The SMILES string of the molecule is CC(C)(C)C1=NN(c2ccccc2)C(=O)C1=Cc1cc(Br)c(O)c(Br)c1. The quantitative estimate of drug-likeness (QED) is 0.560. The number of carbonyl (C=O) groups is 1. The summed E-state index contributed by atoms with van der Waals surface area (Å²) >= 11 is 6.66. The maximum Gasteiger partial charge on any atom is 0.280 e. The van der Waals surface area contributed by atoms with Gasteiger partial charge >= 0.3 is 0 Å². The Morgan fingerprint density at radius 2 is 1.65 bits per heavy atom. The second kappa shape index (κ2) is 7.00. The molecule has 134 valence electrons. The summed E-state index contributed by atoms with van der Waals surface area (Å²) in [4.78, 5) is 13.1. The number of nitrogens with zero attached hydrogens (tertiary/aromatic N) is 2. The van der Waals surface area contributed by atoms with Crippen molar-refractivity contribution in [3.63, 3.8) is 0 Å². The minimum Gasteiger partial charge on any atom is -0.506 e. The second-order valence-corrected chi connectivity index (χ2v) is 8.75. The van der Waals surface area contributed by atoms with Crippen molar-refractivity contribution in [1.82, 2.24) is 0 Å². The number of rotatable bonds is 2. The number of halogens is 2. The van der Waals surface area contributed by atoms with Gasteiger partial charge in [-0.05, 0) is 67.8 Å². The van der Waals surface area contributed by atoms with Crippen molar-refractivity contribution in [2.24, 2.45) is 10.5 Å². The van der Waals surface area contributed by atoms with Crippen LogP contribution in [0.2, 0.25) is 0 Å². The maximum atomic E-state index is 13.1.